The monoisotopic (exact) mass is 216 g/mol. The zero-order valence-corrected chi connectivity index (χ0v) is 10.1. The first kappa shape index (κ1) is 11.9. The molecule has 1 heterocycles. The predicted molar refractivity (Wildman–Crippen MR) is 61.4 cm³/mol. The summed E-state index contributed by atoms with van der Waals surface area (Å²) in [5.41, 5.74) is 0. The average Bonchev–Trinajstić information content (AvgIpc) is 2.53. The summed E-state index contributed by atoms with van der Waals surface area (Å²) < 4.78 is 0. The number of hydrogen-bond acceptors (Lipinski definition) is 3. The maximum Gasteiger partial charge on any atom is 0.224 e. The van der Waals surface area contributed by atoms with Crippen molar-refractivity contribution in [2.24, 2.45) is 0 Å². The molecular formula is C10H20N2OS. The second kappa shape index (κ2) is 5.61. The Hall–Kier alpha value is -0.220. The highest BCUT2D eigenvalue weighted by atomic mass is 32.2. The van der Waals surface area contributed by atoms with Crippen molar-refractivity contribution in [1.29, 1.82) is 0 Å². The molecule has 1 rings (SSSR count). The molecule has 3 nitrogen and oxygen atoms in total. The predicted octanol–water partition coefficient (Wildman–Crippen LogP) is 1.30. The topological polar surface area (TPSA) is 32.3 Å². The summed E-state index contributed by atoms with van der Waals surface area (Å²) in [6.07, 6.45) is 0.636. The number of amides is 1. The van der Waals surface area contributed by atoms with Crippen LogP contribution in [0.3, 0.4) is 0 Å². The quantitative estimate of drug-likeness (QED) is 0.768. The lowest BCUT2D eigenvalue weighted by molar-refractivity contribution is -0.130. The highest BCUT2D eigenvalue weighted by Gasteiger charge is 2.24. The lowest BCUT2D eigenvalue weighted by Gasteiger charge is -2.20. The molecule has 1 saturated heterocycles. The molecular weight excluding hydrogens is 196 g/mol. The maximum atomic E-state index is 11.7. The number of nitrogens with zero attached hydrogens (tertiary/aromatic N) is 1. The largest absolute Gasteiger partial charge is 0.343 e. The zero-order chi connectivity index (χ0) is 10.6. The summed E-state index contributed by atoms with van der Waals surface area (Å²) in [4.78, 5) is 13.6. The number of nitrogens with one attached hydrogen (secondary N) is 1. The van der Waals surface area contributed by atoms with Gasteiger partial charge in [0.25, 0.3) is 0 Å². The van der Waals surface area contributed by atoms with Crippen molar-refractivity contribution in [1.82, 2.24) is 10.2 Å². The molecule has 0 radical (unpaired) electrons. The first-order valence-corrected chi connectivity index (χ1v) is 6.37. The smallest absolute Gasteiger partial charge is 0.224 e. The van der Waals surface area contributed by atoms with Crippen LogP contribution in [0.25, 0.3) is 0 Å². The van der Waals surface area contributed by atoms with Gasteiger partial charge in [-0.1, -0.05) is 0 Å². The molecule has 4 heteroatoms. The summed E-state index contributed by atoms with van der Waals surface area (Å²) >= 11 is 1.86. The van der Waals surface area contributed by atoms with Gasteiger partial charge in [-0.2, -0.15) is 0 Å². The highest BCUT2D eigenvalue weighted by Crippen LogP contribution is 2.21. The Morgan fingerprint density at radius 3 is 2.57 bits per heavy atom. The van der Waals surface area contributed by atoms with Crippen LogP contribution < -0.4 is 5.32 Å². The third kappa shape index (κ3) is 3.17. The van der Waals surface area contributed by atoms with E-state index in [2.05, 4.69) is 12.2 Å². The molecule has 1 N–H and O–H groups in total. The normalized spacial score (nSPS) is 26.5. The summed E-state index contributed by atoms with van der Waals surface area (Å²) in [5.74, 6) is 1.39. The highest BCUT2D eigenvalue weighted by molar-refractivity contribution is 8.00. The van der Waals surface area contributed by atoms with Crippen molar-refractivity contribution in [3.05, 3.63) is 0 Å². The maximum absolute atomic E-state index is 11.7. The van der Waals surface area contributed by atoms with Crippen molar-refractivity contribution in [2.45, 2.75) is 38.6 Å². The fourth-order valence-electron chi connectivity index (χ4n) is 1.66. The number of carbonyl (C=O) groups excluding carboxylic acids is 1. The first-order chi connectivity index (χ1) is 6.67. The molecule has 0 aromatic carbocycles. The Labute approximate surface area is 90.6 Å². The van der Waals surface area contributed by atoms with Crippen LogP contribution in [0.5, 0.6) is 0 Å². The van der Waals surface area contributed by atoms with Gasteiger partial charge in [-0.05, 0) is 20.8 Å². The fraction of sp³-hybridized carbons (Fsp3) is 0.900. The van der Waals surface area contributed by atoms with E-state index in [0.29, 0.717) is 17.8 Å². The van der Waals surface area contributed by atoms with E-state index in [1.54, 1.807) is 0 Å². The molecule has 1 aliphatic rings. The second-order valence-electron chi connectivity index (χ2n) is 3.66. The fourth-order valence-corrected chi connectivity index (χ4v) is 2.86. The van der Waals surface area contributed by atoms with E-state index in [-0.39, 0.29) is 5.91 Å². The van der Waals surface area contributed by atoms with Crippen LogP contribution in [-0.4, -0.2) is 41.1 Å². The van der Waals surface area contributed by atoms with Crippen molar-refractivity contribution in [2.75, 3.05) is 18.8 Å². The molecule has 1 fully saturated rings. The van der Waals surface area contributed by atoms with E-state index in [1.807, 2.05) is 30.5 Å². The first-order valence-electron chi connectivity index (χ1n) is 5.32. The summed E-state index contributed by atoms with van der Waals surface area (Å²) in [5, 5.41) is 3.73. The van der Waals surface area contributed by atoms with Gasteiger partial charge < -0.3 is 10.2 Å². The van der Waals surface area contributed by atoms with Crippen LogP contribution in [0.15, 0.2) is 0 Å². The number of rotatable bonds is 4. The van der Waals surface area contributed by atoms with Crippen LogP contribution in [0.4, 0.5) is 0 Å². The Bertz CT molecular complexity index is 195. The van der Waals surface area contributed by atoms with Gasteiger partial charge in [0.1, 0.15) is 0 Å². The van der Waals surface area contributed by atoms with Crippen LogP contribution in [0, 0.1) is 0 Å². The Balaban J connectivity index is 2.32. The van der Waals surface area contributed by atoms with Gasteiger partial charge in [-0.15, -0.1) is 11.8 Å². The van der Waals surface area contributed by atoms with Crippen molar-refractivity contribution in [3.8, 4) is 0 Å². The zero-order valence-electron chi connectivity index (χ0n) is 9.25. The molecule has 2 atom stereocenters. The van der Waals surface area contributed by atoms with E-state index < -0.39 is 0 Å². The Morgan fingerprint density at radius 2 is 2.14 bits per heavy atom. The van der Waals surface area contributed by atoms with Gasteiger partial charge in [0, 0.05) is 24.9 Å². The molecule has 1 aliphatic heterocycles. The van der Waals surface area contributed by atoms with E-state index >= 15 is 0 Å². The second-order valence-corrected chi connectivity index (χ2v) is 4.90. The Morgan fingerprint density at radius 1 is 1.50 bits per heavy atom. The van der Waals surface area contributed by atoms with Gasteiger partial charge in [-0.3, -0.25) is 4.79 Å². The lowest BCUT2D eigenvalue weighted by Crippen LogP contribution is -2.36. The van der Waals surface area contributed by atoms with Crippen LogP contribution in [0.2, 0.25) is 0 Å². The molecule has 0 bridgehead atoms. The molecule has 82 valence electrons. The van der Waals surface area contributed by atoms with Gasteiger partial charge in [0.15, 0.2) is 0 Å². The number of thioether (sulfide) groups is 1. The number of carbonyl (C=O) groups is 1. The third-order valence-electron chi connectivity index (χ3n) is 2.49. The molecule has 14 heavy (non-hydrogen) atoms. The molecule has 1 amide bonds. The summed E-state index contributed by atoms with van der Waals surface area (Å²) in [6.45, 7) is 7.86. The average molecular weight is 216 g/mol. The summed E-state index contributed by atoms with van der Waals surface area (Å²) in [6, 6.07) is 0.550. The van der Waals surface area contributed by atoms with Gasteiger partial charge in [0.05, 0.1) is 11.8 Å². The molecule has 0 spiro atoms. The van der Waals surface area contributed by atoms with Crippen LogP contribution in [-0.2, 0) is 4.79 Å². The molecule has 0 aromatic rings. The van der Waals surface area contributed by atoms with Gasteiger partial charge in [-0.25, -0.2) is 0 Å². The summed E-state index contributed by atoms with van der Waals surface area (Å²) in [7, 11) is 0. The minimum atomic E-state index is 0.272. The SMILES string of the molecule is CCN(CC)C(=O)CC1NC(C)CS1. The van der Waals surface area contributed by atoms with Crippen LogP contribution in [0.1, 0.15) is 27.2 Å². The minimum absolute atomic E-state index is 0.272. The van der Waals surface area contributed by atoms with E-state index in [1.165, 1.54) is 0 Å². The Kier molecular flexibility index (Phi) is 4.75. The van der Waals surface area contributed by atoms with Gasteiger partial charge in [0.2, 0.25) is 5.91 Å². The van der Waals surface area contributed by atoms with E-state index in [0.717, 1.165) is 18.8 Å². The molecule has 0 saturated carbocycles. The minimum Gasteiger partial charge on any atom is -0.343 e. The van der Waals surface area contributed by atoms with Crippen molar-refractivity contribution >= 4 is 17.7 Å². The standard InChI is InChI=1S/C10H20N2OS/c1-4-12(5-2)10(13)6-9-11-8(3)7-14-9/h8-9,11H,4-7H2,1-3H3. The number of hydrogen-bond donors (Lipinski definition) is 1. The molecule has 0 aliphatic carbocycles. The van der Waals surface area contributed by atoms with E-state index in [9.17, 15) is 4.79 Å². The van der Waals surface area contributed by atoms with Crippen molar-refractivity contribution in [3.63, 3.8) is 0 Å². The van der Waals surface area contributed by atoms with Crippen molar-refractivity contribution < 1.29 is 4.79 Å². The third-order valence-corrected chi connectivity index (χ3v) is 3.89. The van der Waals surface area contributed by atoms with E-state index in [4.69, 9.17) is 0 Å². The molecule has 2 unspecified atom stereocenters. The van der Waals surface area contributed by atoms with Gasteiger partial charge >= 0.3 is 0 Å². The molecule has 0 aromatic heterocycles. The van der Waals surface area contributed by atoms with Crippen LogP contribution >= 0.6 is 11.8 Å². The lowest BCUT2D eigenvalue weighted by atomic mass is 10.3.